The van der Waals surface area contributed by atoms with Gasteiger partial charge in [-0.2, -0.15) is 0 Å². The van der Waals surface area contributed by atoms with Crippen molar-refractivity contribution in [3.05, 3.63) is 30.1 Å². The quantitative estimate of drug-likeness (QED) is 0.857. The average Bonchev–Trinajstić information content (AvgIpc) is 2.73. The highest BCUT2D eigenvalue weighted by Gasteiger charge is 2.28. The Balaban J connectivity index is 1.41. The monoisotopic (exact) mass is 374 g/mol. The summed E-state index contributed by atoms with van der Waals surface area (Å²) >= 11 is 0. The maximum atomic E-state index is 12.6. The van der Waals surface area contributed by atoms with Crippen LogP contribution in [0.15, 0.2) is 24.5 Å². The molecule has 1 N–H and O–H groups in total. The number of likely N-dealkylation sites (tertiary alicyclic amines) is 2. The number of nitrogens with one attached hydrogen (secondary N) is 1. The number of urea groups is 1. The van der Waals surface area contributed by atoms with Crippen molar-refractivity contribution in [2.24, 2.45) is 0 Å². The fraction of sp³-hybridized carbons (Fsp3) is 0.650. The Morgan fingerprint density at radius 2 is 2.04 bits per heavy atom. The van der Waals surface area contributed by atoms with Gasteiger partial charge in [0.1, 0.15) is 0 Å². The van der Waals surface area contributed by atoms with Crippen LogP contribution in [0.1, 0.15) is 44.6 Å². The average molecular weight is 374 g/mol. The Morgan fingerprint density at radius 1 is 1.22 bits per heavy atom. The van der Waals surface area contributed by atoms with E-state index in [1.54, 1.807) is 6.20 Å². The molecule has 0 radical (unpaired) electrons. The van der Waals surface area contributed by atoms with E-state index in [0.29, 0.717) is 19.6 Å². The molecule has 0 bridgehead atoms. The lowest BCUT2D eigenvalue weighted by atomic mass is 10.0. The van der Waals surface area contributed by atoms with Gasteiger partial charge in [0.05, 0.1) is 12.7 Å². The largest absolute Gasteiger partial charge is 0.372 e. The Hall–Kier alpha value is -2.15. The maximum Gasteiger partial charge on any atom is 0.317 e. The number of carbonyl (C=O) groups is 2. The van der Waals surface area contributed by atoms with Gasteiger partial charge in [-0.1, -0.05) is 13.0 Å². The minimum absolute atomic E-state index is 0.00931. The topological polar surface area (TPSA) is 74.8 Å². The molecule has 1 aromatic rings. The second-order valence-electron chi connectivity index (χ2n) is 7.34. The van der Waals surface area contributed by atoms with E-state index in [4.69, 9.17) is 4.74 Å². The van der Waals surface area contributed by atoms with E-state index in [1.165, 1.54) is 0 Å². The summed E-state index contributed by atoms with van der Waals surface area (Å²) in [4.78, 5) is 32.2. The van der Waals surface area contributed by atoms with Crippen molar-refractivity contribution in [2.75, 3.05) is 26.2 Å². The van der Waals surface area contributed by atoms with E-state index in [1.807, 2.05) is 35.1 Å². The van der Waals surface area contributed by atoms with E-state index < -0.39 is 0 Å². The predicted molar refractivity (Wildman–Crippen MR) is 102 cm³/mol. The number of rotatable bonds is 5. The van der Waals surface area contributed by atoms with Gasteiger partial charge in [-0.15, -0.1) is 0 Å². The molecule has 2 aliphatic rings. The molecular weight excluding hydrogens is 344 g/mol. The highest BCUT2D eigenvalue weighted by Crippen LogP contribution is 2.17. The van der Waals surface area contributed by atoms with Crippen molar-refractivity contribution in [2.45, 2.75) is 57.8 Å². The molecule has 0 spiro atoms. The summed E-state index contributed by atoms with van der Waals surface area (Å²) in [6.07, 6.45) is 7.75. The maximum absolute atomic E-state index is 12.6. The fourth-order valence-electron chi connectivity index (χ4n) is 3.72. The normalized spacial score (nSPS) is 21.1. The summed E-state index contributed by atoms with van der Waals surface area (Å²) in [7, 11) is 0. The standard InChI is InChI=1S/C20H30N4O3/c1-2-19(25)23-11-7-17(8-12-23)22-20(26)24-10-4-6-18(14-24)27-15-16-5-3-9-21-13-16/h3,5,9,13,17-18H,2,4,6-8,10-12,14-15H2,1H3,(H,22,26)/t18-/m1/s1. The lowest BCUT2D eigenvalue weighted by molar-refractivity contribution is -0.131. The Labute approximate surface area is 161 Å². The van der Waals surface area contributed by atoms with Crippen molar-refractivity contribution in [3.63, 3.8) is 0 Å². The molecule has 0 saturated carbocycles. The molecule has 27 heavy (non-hydrogen) atoms. The third-order valence-corrected chi connectivity index (χ3v) is 5.35. The number of carbonyl (C=O) groups excluding carboxylic acids is 2. The molecule has 7 heteroatoms. The Morgan fingerprint density at radius 3 is 2.74 bits per heavy atom. The molecule has 2 saturated heterocycles. The second-order valence-corrected chi connectivity index (χ2v) is 7.34. The van der Waals surface area contributed by atoms with Gasteiger partial charge in [0, 0.05) is 51.0 Å². The van der Waals surface area contributed by atoms with Crippen molar-refractivity contribution in [1.29, 1.82) is 0 Å². The zero-order valence-corrected chi connectivity index (χ0v) is 16.1. The minimum Gasteiger partial charge on any atom is -0.372 e. The SMILES string of the molecule is CCC(=O)N1CCC(NC(=O)N2CCC[C@@H](OCc3cccnc3)C2)CC1. The van der Waals surface area contributed by atoms with Crippen LogP contribution in [-0.2, 0) is 16.1 Å². The van der Waals surface area contributed by atoms with E-state index in [2.05, 4.69) is 10.3 Å². The molecule has 148 valence electrons. The molecule has 1 atom stereocenters. The van der Waals surface area contributed by atoms with Crippen molar-refractivity contribution < 1.29 is 14.3 Å². The lowest BCUT2D eigenvalue weighted by Gasteiger charge is -2.36. The van der Waals surface area contributed by atoms with Crippen molar-refractivity contribution in [1.82, 2.24) is 20.1 Å². The van der Waals surface area contributed by atoms with E-state index in [0.717, 1.165) is 50.9 Å². The van der Waals surface area contributed by atoms with E-state index in [-0.39, 0.29) is 24.1 Å². The van der Waals surface area contributed by atoms with Gasteiger partial charge < -0.3 is 19.9 Å². The van der Waals surface area contributed by atoms with Crippen LogP contribution in [-0.4, -0.2) is 65.0 Å². The van der Waals surface area contributed by atoms with Crippen LogP contribution in [0.3, 0.4) is 0 Å². The minimum atomic E-state index is -0.00931. The number of piperidine rings is 2. The molecule has 0 aliphatic carbocycles. The summed E-state index contributed by atoms with van der Waals surface area (Å²) in [5.74, 6) is 0.199. The first-order valence-corrected chi connectivity index (χ1v) is 9.99. The van der Waals surface area contributed by atoms with Crippen LogP contribution in [0.2, 0.25) is 0 Å². The zero-order valence-electron chi connectivity index (χ0n) is 16.1. The van der Waals surface area contributed by atoms with Crippen LogP contribution in [0.25, 0.3) is 0 Å². The first-order chi connectivity index (χ1) is 13.2. The van der Waals surface area contributed by atoms with Crippen LogP contribution in [0, 0.1) is 0 Å². The first-order valence-electron chi connectivity index (χ1n) is 9.99. The molecule has 2 aliphatic heterocycles. The molecule has 1 aromatic heterocycles. The number of nitrogens with zero attached hydrogens (tertiary/aromatic N) is 3. The van der Waals surface area contributed by atoms with E-state index >= 15 is 0 Å². The highest BCUT2D eigenvalue weighted by molar-refractivity contribution is 5.76. The Bertz CT molecular complexity index is 617. The highest BCUT2D eigenvalue weighted by atomic mass is 16.5. The van der Waals surface area contributed by atoms with Crippen molar-refractivity contribution >= 4 is 11.9 Å². The number of hydrogen-bond donors (Lipinski definition) is 1. The zero-order chi connectivity index (χ0) is 19.1. The van der Waals surface area contributed by atoms with Crippen LogP contribution < -0.4 is 5.32 Å². The molecule has 7 nitrogen and oxygen atoms in total. The summed E-state index contributed by atoms with van der Waals surface area (Å²) in [5.41, 5.74) is 1.05. The molecule has 0 aromatic carbocycles. The lowest BCUT2D eigenvalue weighted by Crippen LogP contribution is -2.53. The van der Waals surface area contributed by atoms with Gasteiger partial charge in [0.2, 0.25) is 5.91 Å². The van der Waals surface area contributed by atoms with Gasteiger partial charge in [-0.25, -0.2) is 4.79 Å². The summed E-state index contributed by atoms with van der Waals surface area (Å²) in [5, 5.41) is 3.14. The number of ether oxygens (including phenoxy) is 1. The van der Waals surface area contributed by atoms with Crippen LogP contribution in [0.4, 0.5) is 4.79 Å². The molecular formula is C20H30N4O3. The van der Waals surface area contributed by atoms with E-state index in [9.17, 15) is 9.59 Å². The number of hydrogen-bond acceptors (Lipinski definition) is 4. The number of amides is 3. The molecule has 0 unspecified atom stereocenters. The van der Waals surface area contributed by atoms with Gasteiger partial charge in [-0.05, 0) is 37.3 Å². The molecule has 3 rings (SSSR count). The number of aromatic nitrogens is 1. The first kappa shape index (κ1) is 19.6. The summed E-state index contributed by atoms with van der Waals surface area (Å²) < 4.78 is 5.99. The second kappa shape index (κ2) is 9.69. The van der Waals surface area contributed by atoms with Gasteiger partial charge in [0.15, 0.2) is 0 Å². The smallest absolute Gasteiger partial charge is 0.317 e. The molecule has 3 heterocycles. The predicted octanol–water partition coefficient (Wildman–Crippen LogP) is 2.17. The third kappa shape index (κ3) is 5.66. The fourth-order valence-corrected chi connectivity index (χ4v) is 3.72. The van der Waals surface area contributed by atoms with Gasteiger partial charge in [0.25, 0.3) is 0 Å². The van der Waals surface area contributed by atoms with Crippen LogP contribution >= 0.6 is 0 Å². The molecule has 2 fully saturated rings. The third-order valence-electron chi connectivity index (χ3n) is 5.35. The van der Waals surface area contributed by atoms with Crippen LogP contribution in [0.5, 0.6) is 0 Å². The molecule has 3 amide bonds. The summed E-state index contributed by atoms with van der Waals surface area (Å²) in [6, 6.07) is 4.04. The Kier molecular flexibility index (Phi) is 7.04. The van der Waals surface area contributed by atoms with Gasteiger partial charge in [-0.3, -0.25) is 9.78 Å². The van der Waals surface area contributed by atoms with Gasteiger partial charge >= 0.3 is 6.03 Å². The number of pyridine rings is 1. The summed E-state index contributed by atoms with van der Waals surface area (Å²) in [6.45, 7) is 5.27. The van der Waals surface area contributed by atoms with Crippen molar-refractivity contribution in [3.8, 4) is 0 Å².